The van der Waals surface area contributed by atoms with Crippen LogP contribution in [0, 0.1) is 5.82 Å². The first kappa shape index (κ1) is 17.0. The molecule has 0 bridgehead atoms. The van der Waals surface area contributed by atoms with Crippen molar-refractivity contribution < 1.29 is 4.39 Å². The van der Waals surface area contributed by atoms with E-state index in [0.717, 1.165) is 17.1 Å². The first-order valence-electron chi connectivity index (χ1n) is 8.13. The van der Waals surface area contributed by atoms with E-state index < -0.39 is 5.82 Å². The van der Waals surface area contributed by atoms with Crippen LogP contribution >= 0.6 is 23.8 Å². The highest BCUT2D eigenvalue weighted by atomic mass is 35.5. The van der Waals surface area contributed by atoms with Crippen LogP contribution in [0.4, 0.5) is 4.39 Å². The lowest BCUT2D eigenvalue weighted by atomic mass is 10.0. The minimum atomic E-state index is -0.434. The molecule has 4 rings (SSSR count). The molecule has 2 aromatic heterocycles. The lowest BCUT2D eigenvalue weighted by Crippen LogP contribution is -2.25. The number of aromatic nitrogens is 2. The molecule has 2 atom stereocenters. The Labute approximate surface area is 161 Å². The monoisotopic (exact) mass is 386 g/mol. The molecule has 4 nitrogen and oxygen atoms in total. The minimum Gasteiger partial charge on any atom is -0.352 e. The van der Waals surface area contributed by atoms with Crippen molar-refractivity contribution in [3.8, 4) is 5.69 Å². The number of benzene rings is 1. The molecule has 1 aromatic carbocycles. The van der Waals surface area contributed by atoms with Crippen LogP contribution in [0.15, 0.2) is 60.9 Å². The molecule has 0 radical (unpaired) electrons. The maximum atomic E-state index is 13.6. The van der Waals surface area contributed by atoms with Crippen LogP contribution in [-0.4, -0.2) is 26.6 Å². The van der Waals surface area contributed by atoms with Crippen LogP contribution in [0.2, 0.25) is 5.02 Å². The summed E-state index contributed by atoms with van der Waals surface area (Å²) in [5.74, 6) is -0.434. The van der Waals surface area contributed by atoms with Gasteiger partial charge in [0.25, 0.3) is 0 Å². The summed E-state index contributed by atoms with van der Waals surface area (Å²) in [6.45, 7) is 0. The highest BCUT2D eigenvalue weighted by Gasteiger charge is 2.39. The lowest BCUT2D eigenvalue weighted by Gasteiger charge is -2.25. The van der Waals surface area contributed by atoms with E-state index in [0.29, 0.717) is 5.11 Å². The number of likely N-dealkylation sites (N-methyl/N-ethyl adjacent to an activating group) is 1. The Morgan fingerprint density at radius 1 is 1.19 bits per heavy atom. The SMILES string of the molecule is CN1C(=S)N[C@@H](c2ccccn2)[C@H]1c1cccn1-c1ccc(F)c(Cl)c1. The molecule has 1 saturated heterocycles. The Morgan fingerprint density at radius 3 is 2.77 bits per heavy atom. The van der Waals surface area contributed by atoms with Gasteiger partial charge in [0.15, 0.2) is 5.11 Å². The van der Waals surface area contributed by atoms with E-state index in [1.54, 1.807) is 18.3 Å². The zero-order valence-corrected chi connectivity index (χ0v) is 15.5. The molecule has 0 spiro atoms. The van der Waals surface area contributed by atoms with Gasteiger partial charge < -0.3 is 14.8 Å². The number of halogens is 2. The van der Waals surface area contributed by atoms with Gasteiger partial charge in [0.05, 0.1) is 22.8 Å². The second-order valence-corrected chi connectivity index (χ2v) is 6.93. The van der Waals surface area contributed by atoms with Gasteiger partial charge in [-0.15, -0.1) is 0 Å². The third-order valence-corrected chi connectivity index (χ3v) is 5.30. The fourth-order valence-corrected chi connectivity index (χ4v) is 3.75. The van der Waals surface area contributed by atoms with Crippen molar-refractivity contribution in [1.82, 2.24) is 19.8 Å². The van der Waals surface area contributed by atoms with Crippen molar-refractivity contribution >= 4 is 28.9 Å². The molecule has 3 aromatic rings. The van der Waals surface area contributed by atoms with Gasteiger partial charge in [-0.1, -0.05) is 17.7 Å². The van der Waals surface area contributed by atoms with Crippen molar-refractivity contribution in [2.24, 2.45) is 0 Å². The fraction of sp³-hybridized carbons (Fsp3) is 0.158. The molecule has 1 aliphatic heterocycles. The molecule has 0 unspecified atom stereocenters. The van der Waals surface area contributed by atoms with E-state index in [9.17, 15) is 4.39 Å². The number of nitrogens with one attached hydrogen (secondary N) is 1. The Bertz CT molecular complexity index is 959. The predicted molar refractivity (Wildman–Crippen MR) is 104 cm³/mol. The zero-order valence-electron chi connectivity index (χ0n) is 13.9. The van der Waals surface area contributed by atoms with Crippen LogP contribution in [0.1, 0.15) is 23.5 Å². The number of thiocarbonyl (C=S) groups is 1. The first-order chi connectivity index (χ1) is 12.6. The van der Waals surface area contributed by atoms with Crippen LogP contribution in [0.25, 0.3) is 5.69 Å². The molecular formula is C19H16ClFN4S. The van der Waals surface area contributed by atoms with Gasteiger partial charge in [-0.25, -0.2) is 4.39 Å². The van der Waals surface area contributed by atoms with Crippen molar-refractivity contribution in [3.05, 3.63) is 83.2 Å². The molecule has 1 fully saturated rings. The minimum absolute atomic E-state index is 0.0590. The summed E-state index contributed by atoms with van der Waals surface area (Å²) in [5, 5.41) is 4.11. The summed E-state index contributed by atoms with van der Waals surface area (Å²) in [6.07, 6.45) is 3.71. The van der Waals surface area contributed by atoms with Crippen LogP contribution in [-0.2, 0) is 0 Å². The second-order valence-electron chi connectivity index (χ2n) is 6.14. The first-order valence-corrected chi connectivity index (χ1v) is 8.92. The third kappa shape index (κ3) is 2.85. The van der Waals surface area contributed by atoms with E-state index in [4.69, 9.17) is 23.8 Å². The second kappa shape index (κ2) is 6.70. The number of nitrogens with zero attached hydrogens (tertiary/aromatic N) is 3. The van der Waals surface area contributed by atoms with E-state index in [1.165, 1.54) is 6.07 Å². The quantitative estimate of drug-likeness (QED) is 0.681. The molecule has 132 valence electrons. The average Bonchev–Trinajstić information content (AvgIpc) is 3.23. The normalized spacial score (nSPS) is 19.7. The Morgan fingerprint density at radius 2 is 2.04 bits per heavy atom. The van der Waals surface area contributed by atoms with Gasteiger partial charge in [0, 0.05) is 30.8 Å². The zero-order chi connectivity index (χ0) is 18.3. The molecule has 7 heteroatoms. The summed E-state index contributed by atoms with van der Waals surface area (Å²) in [7, 11) is 1.96. The maximum Gasteiger partial charge on any atom is 0.169 e. The van der Waals surface area contributed by atoms with E-state index in [2.05, 4.69) is 10.3 Å². The molecule has 26 heavy (non-hydrogen) atoms. The highest BCUT2D eigenvalue weighted by Crippen LogP contribution is 2.38. The van der Waals surface area contributed by atoms with Crippen molar-refractivity contribution in [3.63, 3.8) is 0 Å². The fourth-order valence-electron chi connectivity index (χ4n) is 3.33. The third-order valence-electron chi connectivity index (χ3n) is 4.60. The van der Waals surface area contributed by atoms with Gasteiger partial charge in [0.2, 0.25) is 0 Å². The molecule has 0 saturated carbocycles. The molecule has 1 aliphatic rings. The maximum absolute atomic E-state index is 13.6. The summed E-state index contributed by atoms with van der Waals surface area (Å²) >= 11 is 11.5. The van der Waals surface area contributed by atoms with Crippen LogP contribution in [0.5, 0.6) is 0 Å². The standard InChI is InChI=1S/C19H16ClFN4S/c1-24-18(17(23-19(24)26)15-5-2-3-9-22-15)16-6-4-10-25(16)12-7-8-14(21)13(20)11-12/h2-11,17-18H,1H3,(H,23,26)/t17-,18+/m0/s1. The summed E-state index contributed by atoms with van der Waals surface area (Å²) < 4.78 is 15.6. The van der Waals surface area contributed by atoms with Crippen molar-refractivity contribution in [2.75, 3.05) is 7.05 Å². The number of pyridine rings is 1. The van der Waals surface area contributed by atoms with Crippen LogP contribution in [0.3, 0.4) is 0 Å². The topological polar surface area (TPSA) is 33.1 Å². The van der Waals surface area contributed by atoms with Crippen molar-refractivity contribution in [2.45, 2.75) is 12.1 Å². The number of hydrogen-bond donors (Lipinski definition) is 1. The number of rotatable bonds is 3. The molecule has 0 aliphatic carbocycles. The molecule has 0 amide bonds. The van der Waals surface area contributed by atoms with Gasteiger partial charge >= 0.3 is 0 Å². The predicted octanol–water partition coefficient (Wildman–Crippen LogP) is 4.27. The summed E-state index contributed by atoms with van der Waals surface area (Å²) in [6, 6.07) is 14.4. The van der Waals surface area contributed by atoms with Crippen molar-refractivity contribution in [1.29, 1.82) is 0 Å². The Hall–Kier alpha value is -2.44. The smallest absolute Gasteiger partial charge is 0.169 e. The van der Waals surface area contributed by atoms with Crippen LogP contribution < -0.4 is 5.32 Å². The highest BCUT2D eigenvalue weighted by molar-refractivity contribution is 7.80. The van der Waals surface area contributed by atoms with Gasteiger partial charge in [-0.3, -0.25) is 4.98 Å². The van der Waals surface area contributed by atoms with E-state index in [-0.39, 0.29) is 17.1 Å². The summed E-state index contributed by atoms with van der Waals surface area (Å²) in [5.41, 5.74) is 2.72. The molecule has 3 heterocycles. The van der Waals surface area contributed by atoms with E-state index >= 15 is 0 Å². The van der Waals surface area contributed by atoms with Gasteiger partial charge in [-0.2, -0.15) is 0 Å². The lowest BCUT2D eigenvalue weighted by molar-refractivity contribution is 0.357. The van der Waals surface area contributed by atoms with Gasteiger partial charge in [0.1, 0.15) is 5.82 Å². The molecular weight excluding hydrogens is 371 g/mol. The largest absolute Gasteiger partial charge is 0.352 e. The molecule has 1 N–H and O–H groups in total. The number of hydrogen-bond acceptors (Lipinski definition) is 2. The Balaban J connectivity index is 1.80. The Kier molecular flexibility index (Phi) is 4.38. The summed E-state index contributed by atoms with van der Waals surface area (Å²) in [4.78, 5) is 6.51. The van der Waals surface area contributed by atoms with E-state index in [1.807, 2.05) is 53.0 Å². The van der Waals surface area contributed by atoms with Gasteiger partial charge in [-0.05, 0) is 54.7 Å². The average molecular weight is 387 g/mol.